The van der Waals surface area contributed by atoms with Crippen LogP contribution in [0.2, 0.25) is 0 Å². The van der Waals surface area contributed by atoms with Crippen LogP contribution in [-0.2, 0) is 0 Å². The van der Waals surface area contributed by atoms with Crippen LogP contribution in [0.1, 0.15) is 0 Å². The molecule has 0 saturated heterocycles. The van der Waals surface area contributed by atoms with Gasteiger partial charge in [0.15, 0.2) is 0 Å². The summed E-state index contributed by atoms with van der Waals surface area (Å²) in [5.74, 6) is 0. The van der Waals surface area contributed by atoms with Crippen LogP contribution in [0, 0.1) is 0 Å². The third-order valence-corrected chi connectivity index (χ3v) is 2.68. The smallest absolute Gasteiger partial charge is 0.409 e. The lowest BCUT2D eigenvalue weighted by Crippen LogP contribution is -2.07. The van der Waals surface area contributed by atoms with Gasteiger partial charge in [0.25, 0.3) is 0 Å². The van der Waals surface area contributed by atoms with E-state index in [1.54, 1.807) is 23.5 Å². The van der Waals surface area contributed by atoms with Gasteiger partial charge in [0.2, 0.25) is 0 Å². The molecule has 0 aromatic carbocycles. The summed E-state index contributed by atoms with van der Waals surface area (Å²) in [6.07, 6.45) is 0.420. The molecule has 0 saturated carbocycles. The van der Waals surface area contributed by atoms with Gasteiger partial charge in [0.1, 0.15) is 0 Å². The summed E-state index contributed by atoms with van der Waals surface area (Å²) in [6, 6.07) is 7.40. The van der Waals surface area contributed by atoms with Gasteiger partial charge in [0.05, 0.1) is 22.5 Å². The van der Waals surface area contributed by atoms with Crippen molar-refractivity contribution in [1.29, 1.82) is 0 Å². The Morgan fingerprint density at radius 2 is 2.27 bits per heavy atom. The number of nitrogens with zero attached hydrogens (tertiary/aromatic N) is 1. The number of hydrogen-bond donors (Lipinski definition) is 2. The number of thiophene rings is 1. The lowest BCUT2D eigenvalue weighted by molar-refractivity contribution is 0.209. The second-order valence-corrected chi connectivity index (χ2v) is 3.79. The highest BCUT2D eigenvalue weighted by Gasteiger charge is 2.01. The average Bonchev–Trinajstić information content (AvgIpc) is 2.71. The van der Waals surface area contributed by atoms with Crippen LogP contribution in [0.5, 0.6) is 0 Å². The molecule has 2 N–H and O–H groups in total. The summed E-state index contributed by atoms with van der Waals surface area (Å²) >= 11 is 1.60. The Morgan fingerprint density at radius 3 is 2.80 bits per heavy atom. The van der Waals surface area contributed by atoms with E-state index in [4.69, 9.17) is 5.11 Å². The average molecular weight is 220 g/mol. The van der Waals surface area contributed by atoms with Gasteiger partial charge in [0, 0.05) is 0 Å². The topological polar surface area (TPSA) is 62.2 Å². The summed E-state index contributed by atoms with van der Waals surface area (Å²) in [7, 11) is 0. The van der Waals surface area contributed by atoms with Crippen molar-refractivity contribution >= 4 is 23.1 Å². The van der Waals surface area contributed by atoms with Gasteiger partial charge in [-0.1, -0.05) is 6.07 Å². The minimum absolute atomic E-state index is 0.475. The van der Waals surface area contributed by atoms with Crippen LogP contribution < -0.4 is 5.32 Å². The molecule has 2 aromatic rings. The Bertz CT molecular complexity index is 451. The molecular weight excluding hydrogens is 212 g/mol. The fraction of sp³-hybridized carbons (Fsp3) is 0. The second-order valence-electron chi connectivity index (χ2n) is 2.84. The molecular formula is C10H8N2O2S. The van der Waals surface area contributed by atoms with Gasteiger partial charge in [-0.15, -0.1) is 11.3 Å². The molecule has 2 aromatic heterocycles. The van der Waals surface area contributed by atoms with Crippen LogP contribution in [0.4, 0.5) is 10.5 Å². The van der Waals surface area contributed by atoms with Gasteiger partial charge < -0.3 is 5.11 Å². The molecule has 0 spiro atoms. The number of pyridine rings is 1. The third-order valence-electron chi connectivity index (χ3n) is 1.79. The lowest BCUT2D eigenvalue weighted by Gasteiger charge is -2.00. The van der Waals surface area contributed by atoms with Crippen molar-refractivity contribution in [3.63, 3.8) is 0 Å². The number of aromatic nitrogens is 1. The van der Waals surface area contributed by atoms with E-state index < -0.39 is 6.09 Å². The van der Waals surface area contributed by atoms with E-state index in [1.165, 1.54) is 6.20 Å². The maximum atomic E-state index is 10.3. The van der Waals surface area contributed by atoms with Crippen molar-refractivity contribution in [2.75, 3.05) is 5.32 Å². The number of nitrogens with one attached hydrogen (secondary N) is 1. The number of carboxylic acid groups (broad SMARTS) is 1. The number of rotatable bonds is 2. The molecule has 5 heteroatoms. The molecule has 15 heavy (non-hydrogen) atoms. The molecule has 76 valence electrons. The van der Waals surface area contributed by atoms with E-state index in [-0.39, 0.29) is 0 Å². The monoisotopic (exact) mass is 220 g/mol. The van der Waals surface area contributed by atoms with Crippen molar-refractivity contribution in [1.82, 2.24) is 4.98 Å². The highest BCUT2D eigenvalue weighted by Crippen LogP contribution is 2.23. The van der Waals surface area contributed by atoms with Crippen molar-refractivity contribution < 1.29 is 9.90 Å². The van der Waals surface area contributed by atoms with E-state index >= 15 is 0 Å². The second kappa shape index (κ2) is 4.10. The minimum atomic E-state index is -1.08. The first kappa shape index (κ1) is 9.67. The van der Waals surface area contributed by atoms with Gasteiger partial charge in [-0.05, 0) is 23.6 Å². The van der Waals surface area contributed by atoms with Crippen LogP contribution in [-0.4, -0.2) is 16.2 Å². The Kier molecular flexibility index (Phi) is 2.64. The molecule has 0 radical (unpaired) electrons. The zero-order chi connectivity index (χ0) is 10.7. The van der Waals surface area contributed by atoms with Crippen LogP contribution in [0.25, 0.3) is 10.6 Å². The number of carbonyl (C=O) groups is 1. The van der Waals surface area contributed by atoms with Gasteiger partial charge in [-0.3, -0.25) is 10.3 Å². The fourth-order valence-electron chi connectivity index (χ4n) is 1.16. The molecule has 1 amide bonds. The number of anilines is 1. The third kappa shape index (κ3) is 2.32. The Labute approximate surface area is 90.2 Å². The number of amides is 1. The molecule has 0 atom stereocenters. The van der Waals surface area contributed by atoms with Crippen LogP contribution in [0.3, 0.4) is 0 Å². The molecule has 0 aliphatic rings. The van der Waals surface area contributed by atoms with E-state index in [2.05, 4.69) is 10.3 Å². The molecule has 0 aliphatic carbocycles. The highest BCUT2D eigenvalue weighted by atomic mass is 32.1. The minimum Gasteiger partial charge on any atom is -0.465 e. The zero-order valence-electron chi connectivity index (χ0n) is 7.68. The Balaban J connectivity index is 2.21. The quantitative estimate of drug-likeness (QED) is 0.818. The predicted molar refractivity (Wildman–Crippen MR) is 59.2 cm³/mol. The predicted octanol–water partition coefficient (Wildman–Crippen LogP) is 2.90. The van der Waals surface area contributed by atoms with E-state index in [0.717, 1.165) is 10.6 Å². The summed E-state index contributed by atoms with van der Waals surface area (Å²) < 4.78 is 0. The SMILES string of the molecule is O=C(O)Nc1ccc(-c2cccs2)nc1. The summed E-state index contributed by atoms with van der Waals surface area (Å²) in [5, 5.41) is 12.7. The van der Waals surface area contributed by atoms with E-state index in [9.17, 15) is 4.79 Å². The van der Waals surface area contributed by atoms with Crippen LogP contribution >= 0.6 is 11.3 Å². The molecule has 0 aliphatic heterocycles. The Hall–Kier alpha value is -1.88. The first-order valence-electron chi connectivity index (χ1n) is 4.25. The molecule has 4 nitrogen and oxygen atoms in total. The Morgan fingerprint density at radius 1 is 1.40 bits per heavy atom. The first-order valence-corrected chi connectivity index (χ1v) is 5.13. The van der Waals surface area contributed by atoms with Crippen molar-refractivity contribution in [2.24, 2.45) is 0 Å². The fourth-order valence-corrected chi connectivity index (χ4v) is 1.86. The van der Waals surface area contributed by atoms with Crippen molar-refractivity contribution in [3.05, 3.63) is 35.8 Å². The van der Waals surface area contributed by atoms with Gasteiger partial charge in [-0.25, -0.2) is 4.79 Å². The van der Waals surface area contributed by atoms with Gasteiger partial charge >= 0.3 is 6.09 Å². The highest BCUT2D eigenvalue weighted by molar-refractivity contribution is 7.13. The van der Waals surface area contributed by atoms with Crippen molar-refractivity contribution in [2.45, 2.75) is 0 Å². The van der Waals surface area contributed by atoms with Crippen LogP contribution in [0.15, 0.2) is 35.8 Å². The van der Waals surface area contributed by atoms with Crippen molar-refractivity contribution in [3.8, 4) is 10.6 Å². The largest absolute Gasteiger partial charge is 0.465 e. The molecule has 2 rings (SSSR count). The number of hydrogen-bond acceptors (Lipinski definition) is 3. The normalized spacial score (nSPS) is 9.87. The molecule has 0 unspecified atom stereocenters. The maximum absolute atomic E-state index is 10.3. The summed E-state index contributed by atoms with van der Waals surface area (Å²) in [4.78, 5) is 15.6. The zero-order valence-corrected chi connectivity index (χ0v) is 8.49. The maximum Gasteiger partial charge on any atom is 0.409 e. The first-order chi connectivity index (χ1) is 7.25. The standard InChI is InChI=1S/C10H8N2O2S/c13-10(14)12-7-3-4-8(11-6-7)9-2-1-5-15-9/h1-6,12H,(H,13,14). The van der Waals surface area contributed by atoms with Gasteiger partial charge in [-0.2, -0.15) is 0 Å². The molecule has 0 bridgehead atoms. The molecule has 2 heterocycles. The molecule has 0 fully saturated rings. The summed E-state index contributed by atoms with van der Waals surface area (Å²) in [5.41, 5.74) is 1.32. The van der Waals surface area contributed by atoms with E-state index in [0.29, 0.717) is 5.69 Å². The summed E-state index contributed by atoms with van der Waals surface area (Å²) in [6.45, 7) is 0. The van der Waals surface area contributed by atoms with E-state index in [1.807, 2.05) is 17.5 Å². The lowest BCUT2D eigenvalue weighted by atomic mass is 10.3.